The van der Waals surface area contributed by atoms with Crippen molar-refractivity contribution < 1.29 is 14.0 Å². The minimum atomic E-state index is -0.251. The fourth-order valence-corrected chi connectivity index (χ4v) is 3.06. The van der Waals surface area contributed by atoms with Crippen LogP contribution in [-0.4, -0.2) is 53.5 Å². The number of piperazine rings is 1. The molecule has 1 aromatic rings. The minimum Gasteiger partial charge on any atom is -0.339 e. The molecule has 6 heteroatoms. The molecule has 2 rings (SSSR count). The van der Waals surface area contributed by atoms with E-state index < -0.39 is 0 Å². The molecule has 1 aliphatic heterocycles. The molecule has 21 heavy (non-hydrogen) atoms. The van der Waals surface area contributed by atoms with Crippen LogP contribution in [0.25, 0.3) is 0 Å². The van der Waals surface area contributed by atoms with E-state index in [4.69, 9.17) is 0 Å². The maximum Gasteiger partial charge on any atom is 0.223 e. The first-order chi connectivity index (χ1) is 10.1. The molecule has 0 aromatic heterocycles. The molecule has 4 nitrogen and oxygen atoms in total. The van der Waals surface area contributed by atoms with Gasteiger partial charge in [-0.1, -0.05) is 0 Å². The van der Waals surface area contributed by atoms with E-state index in [0.29, 0.717) is 38.4 Å². The monoisotopic (exact) mass is 310 g/mol. The van der Waals surface area contributed by atoms with Gasteiger partial charge in [-0.2, -0.15) is 0 Å². The van der Waals surface area contributed by atoms with Crippen LogP contribution in [0.3, 0.4) is 0 Å². The summed E-state index contributed by atoms with van der Waals surface area (Å²) in [4.78, 5) is 27.8. The number of benzene rings is 1. The van der Waals surface area contributed by atoms with E-state index >= 15 is 0 Å². The van der Waals surface area contributed by atoms with Crippen LogP contribution < -0.4 is 0 Å². The van der Waals surface area contributed by atoms with Crippen LogP contribution >= 0.6 is 11.8 Å². The van der Waals surface area contributed by atoms with E-state index in [1.807, 2.05) is 4.90 Å². The number of nitrogens with zero attached hydrogens (tertiary/aromatic N) is 2. The minimum absolute atomic E-state index is 0.0639. The molecule has 1 heterocycles. The second-order valence-electron chi connectivity index (χ2n) is 4.94. The lowest BCUT2D eigenvalue weighted by molar-refractivity contribution is -0.138. The Hall–Kier alpha value is -1.56. The summed E-state index contributed by atoms with van der Waals surface area (Å²) in [6.45, 7) is 4.01. The molecule has 1 aliphatic rings. The predicted molar refractivity (Wildman–Crippen MR) is 80.6 cm³/mol. The first-order valence-electron chi connectivity index (χ1n) is 6.98. The smallest absolute Gasteiger partial charge is 0.223 e. The molecule has 0 saturated carbocycles. The molecular formula is C15H19FN2O2S. The molecule has 1 aromatic carbocycles. The fourth-order valence-electron chi connectivity index (χ4n) is 2.22. The van der Waals surface area contributed by atoms with Crippen LogP contribution in [0.4, 0.5) is 4.39 Å². The van der Waals surface area contributed by atoms with Crippen LogP contribution in [0, 0.1) is 5.82 Å². The maximum atomic E-state index is 12.8. The summed E-state index contributed by atoms with van der Waals surface area (Å²) in [6, 6.07) is 6.28. The van der Waals surface area contributed by atoms with Gasteiger partial charge in [0, 0.05) is 50.2 Å². The zero-order chi connectivity index (χ0) is 15.2. The van der Waals surface area contributed by atoms with Gasteiger partial charge in [0.2, 0.25) is 11.8 Å². The first-order valence-corrected chi connectivity index (χ1v) is 7.96. The van der Waals surface area contributed by atoms with Crippen LogP contribution in [0.2, 0.25) is 0 Å². The average molecular weight is 310 g/mol. The van der Waals surface area contributed by atoms with Crippen LogP contribution in [-0.2, 0) is 9.59 Å². The number of hydrogen-bond acceptors (Lipinski definition) is 3. The lowest BCUT2D eigenvalue weighted by Crippen LogP contribution is -2.50. The number of carbonyl (C=O) groups excluding carboxylic acids is 2. The van der Waals surface area contributed by atoms with Crippen molar-refractivity contribution in [1.29, 1.82) is 0 Å². The Morgan fingerprint density at radius 1 is 1.10 bits per heavy atom. The summed E-state index contributed by atoms with van der Waals surface area (Å²) in [5.74, 6) is 0.609. The number of carbonyl (C=O) groups is 2. The number of rotatable bonds is 4. The van der Waals surface area contributed by atoms with Crippen molar-refractivity contribution in [1.82, 2.24) is 9.80 Å². The van der Waals surface area contributed by atoms with Gasteiger partial charge >= 0.3 is 0 Å². The normalized spacial score (nSPS) is 15.1. The molecule has 114 valence electrons. The number of thioether (sulfide) groups is 1. The Morgan fingerprint density at radius 3 is 2.24 bits per heavy atom. The first kappa shape index (κ1) is 15.8. The van der Waals surface area contributed by atoms with Gasteiger partial charge in [0.15, 0.2) is 0 Å². The van der Waals surface area contributed by atoms with Crippen molar-refractivity contribution in [2.75, 3.05) is 31.9 Å². The largest absolute Gasteiger partial charge is 0.339 e. The molecule has 0 atom stereocenters. The van der Waals surface area contributed by atoms with E-state index in [9.17, 15) is 14.0 Å². The topological polar surface area (TPSA) is 40.6 Å². The molecule has 1 saturated heterocycles. The third-order valence-corrected chi connectivity index (χ3v) is 4.49. The van der Waals surface area contributed by atoms with Crippen LogP contribution in [0.5, 0.6) is 0 Å². The predicted octanol–water partition coefficient (Wildman–Crippen LogP) is 2.00. The van der Waals surface area contributed by atoms with Gasteiger partial charge in [0.1, 0.15) is 5.82 Å². The average Bonchev–Trinajstić information content (AvgIpc) is 2.49. The molecule has 2 amide bonds. The third-order valence-electron chi connectivity index (χ3n) is 3.48. The highest BCUT2D eigenvalue weighted by molar-refractivity contribution is 7.99. The van der Waals surface area contributed by atoms with Crippen LogP contribution in [0.1, 0.15) is 13.3 Å². The summed E-state index contributed by atoms with van der Waals surface area (Å²) < 4.78 is 12.8. The Bertz CT molecular complexity index is 499. The molecule has 0 bridgehead atoms. The van der Waals surface area contributed by atoms with Gasteiger partial charge in [-0.25, -0.2) is 4.39 Å². The summed E-state index contributed by atoms with van der Waals surface area (Å²) >= 11 is 1.55. The lowest BCUT2D eigenvalue weighted by atomic mass is 10.3. The number of halogens is 1. The summed E-state index contributed by atoms with van der Waals surface area (Å²) in [6.07, 6.45) is 0.460. The van der Waals surface area contributed by atoms with Gasteiger partial charge in [-0.3, -0.25) is 9.59 Å². The van der Waals surface area contributed by atoms with Crippen molar-refractivity contribution in [3.8, 4) is 0 Å². The van der Waals surface area contributed by atoms with Gasteiger partial charge < -0.3 is 9.80 Å². The van der Waals surface area contributed by atoms with Gasteiger partial charge in [0.25, 0.3) is 0 Å². The second kappa shape index (κ2) is 7.45. The van der Waals surface area contributed by atoms with E-state index in [1.165, 1.54) is 12.1 Å². The molecule has 0 spiro atoms. The quantitative estimate of drug-likeness (QED) is 0.799. The Balaban J connectivity index is 1.70. The standard InChI is InChI=1S/C15H19FN2O2S/c1-12(19)17-7-9-18(10-8-17)15(20)6-11-21-14-4-2-13(16)3-5-14/h2-5H,6-11H2,1H3. The van der Waals surface area contributed by atoms with E-state index in [1.54, 1.807) is 35.7 Å². The molecule has 0 aliphatic carbocycles. The number of hydrogen-bond donors (Lipinski definition) is 0. The van der Waals surface area contributed by atoms with E-state index in [2.05, 4.69) is 0 Å². The Labute approximate surface area is 128 Å². The Morgan fingerprint density at radius 2 is 1.67 bits per heavy atom. The summed E-state index contributed by atoms with van der Waals surface area (Å²) in [5.41, 5.74) is 0. The van der Waals surface area contributed by atoms with E-state index in [-0.39, 0.29) is 17.6 Å². The SMILES string of the molecule is CC(=O)N1CCN(C(=O)CCSc2ccc(F)cc2)CC1. The van der Waals surface area contributed by atoms with Crippen LogP contribution in [0.15, 0.2) is 29.2 Å². The second-order valence-corrected chi connectivity index (χ2v) is 6.11. The van der Waals surface area contributed by atoms with Crippen molar-refractivity contribution >= 4 is 23.6 Å². The van der Waals surface area contributed by atoms with Gasteiger partial charge in [-0.15, -0.1) is 11.8 Å². The van der Waals surface area contributed by atoms with Gasteiger partial charge in [-0.05, 0) is 24.3 Å². The van der Waals surface area contributed by atoms with Crippen molar-refractivity contribution in [2.24, 2.45) is 0 Å². The van der Waals surface area contributed by atoms with E-state index in [0.717, 1.165) is 4.90 Å². The zero-order valence-corrected chi connectivity index (χ0v) is 12.9. The van der Waals surface area contributed by atoms with Gasteiger partial charge in [0.05, 0.1) is 0 Å². The lowest BCUT2D eigenvalue weighted by Gasteiger charge is -2.34. The molecular weight excluding hydrogens is 291 g/mol. The maximum absolute atomic E-state index is 12.8. The molecule has 0 radical (unpaired) electrons. The highest BCUT2D eigenvalue weighted by Crippen LogP contribution is 2.19. The highest BCUT2D eigenvalue weighted by atomic mass is 32.2. The third kappa shape index (κ3) is 4.74. The molecule has 0 unspecified atom stereocenters. The Kier molecular flexibility index (Phi) is 5.61. The number of amides is 2. The van der Waals surface area contributed by atoms with Crippen molar-refractivity contribution in [2.45, 2.75) is 18.2 Å². The van der Waals surface area contributed by atoms with Crippen molar-refractivity contribution in [3.05, 3.63) is 30.1 Å². The highest BCUT2D eigenvalue weighted by Gasteiger charge is 2.21. The molecule has 0 N–H and O–H groups in total. The fraction of sp³-hybridized carbons (Fsp3) is 0.467. The summed E-state index contributed by atoms with van der Waals surface area (Å²) in [5, 5.41) is 0. The molecule has 1 fully saturated rings. The van der Waals surface area contributed by atoms with Crippen molar-refractivity contribution in [3.63, 3.8) is 0 Å². The zero-order valence-electron chi connectivity index (χ0n) is 12.0. The summed E-state index contributed by atoms with van der Waals surface area (Å²) in [7, 11) is 0.